The zero-order valence-electron chi connectivity index (χ0n) is 15.2. The van der Waals surface area contributed by atoms with Crippen molar-refractivity contribution in [1.82, 2.24) is 31.9 Å². The maximum atomic E-state index is 3.43. The van der Waals surface area contributed by atoms with Crippen molar-refractivity contribution >= 4 is 0 Å². The molecule has 0 atom stereocenters. The first-order chi connectivity index (χ1) is 10.6. The van der Waals surface area contributed by atoms with E-state index >= 15 is 0 Å². The zero-order chi connectivity index (χ0) is 16.5. The Morgan fingerprint density at radius 2 is 0.636 bits per heavy atom. The molecule has 134 valence electrons. The van der Waals surface area contributed by atoms with Gasteiger partial charge in [0.15, 0.2) is 0 Å². The van der Waals surface area contributed by atoms with Crippen LogP contribution in [0.15, 0.2) is 0 Å². The highest BCUT2D eigenvalue weighted by molar-refractivity contribution is 4.59. The lowest BCUT2D eigenvalue weighted by Gasteiger charge is -2.10. The molecule has 0 saturated carbocycles. The van der Waals surface area contributed by atoms with Gasteiger partial charge in [0.05, 0.1) is 0 Å². The maximum Gasteiger partial charge on any atom is 0.00791 e. The van der Waals surface area contributed by atoms with Crippen LogP contribution in [0.5, 0.6) is 0 Å². The van der Waals surface area contributed by atoms with Gasteiger partial charge in [-0.2, -0.15) is 0 Å². The fraction of sp³-hybridized carbons (Fsp3) is 1.00. The number of hydrogen-bond acceptors (Lipinski definition) is 6. The molecule has 0 radical (unpaired) electrons. The normalized spacial score (nSPS) is 11.7. The Balaban J connectivity index is 2.97. The lowest BCUT2D eigenvalue weighted by atomic mass is 10.4. The summed E-state index contributed by atoms with van der Waals surface area (Å²) >= 11 is 0. The Hall–Kier alpha value is -0.240. The van der Waals surface area contributed by atoms with Crippen molar-refractivity contribution in [2.24, 2.45) is 0 Å². The first kappa shape index (κ1) is 21.8. The average molecular weight is 317 g/mol. The van der Waals surface area contributed by atoms with Gasteiger partial charge in [-0.1, -0.05) is 27.7 Å². The second-order valence-corrected chi connectivity index (χ2v) is 6.22. The first-order valence-electron chi connectivity index (χ1n) is 8.92. The van der Waals surface area contributed by atoms with Crippen molar-refractivity contribution in [1.29, 1.82) is 0 Å². The highest BCUT2D eigenvalue weighted by Gasteiger charge is 1.93. The Labute approximate surface area is 138 Å². The van der Waals surface area contributed by atoms with Gasteiger partial charge in [0.1, 0.15) is 0 Å². The highest BCUT2D eigenvalue weighted by Crippen LogP contribution is 1.73. The first-order valence-corrected chi connectivity index (χ1v) is 8.92. The molecule has 0 amide bonds. The van der Waals surface area contributed by atoms with Crippen LogP contribution in [0.3, 0.4) is 0 Å². The van der Waals surface area contributed by atoms with Crippen LogP contribution < -0.4 is 31.9 Å². The van der Waals surface area contributed by atoms with Crippen LogP contribution in [0.2, 0.25) is 0 Å². The summed E-state index contributed by atoms with van der Waals surface area (Å²) in [5.74, 6) is 0. The summed E-state index contributed by atoms with van der Waals surface area (Å²) in [5.41, 5.74) is 0. The van der Waals surface area contributed by atoms with E-state index in [4.69, 9.17) is 0 Å². The van der Waals surface area contributed by atoms with Gasteiger partial charge < -0.3 is 31.9 Å². The summed E-state index contributed by atoms with van der Waals surface area (Å²) in [6, 6.07) is 1.15. The molecule has 0 heterocycles. The molecule has 0 aromatic rings. The minimum Gasteiger partial charge on any atom is -0.314 e. The molecule has 0 unspecified atom stereocenters. The van der Waals surface area contributed by atoms with Gasteiger partial charge in [-0.15, -0.1) is 0 Å². The average Bonchev–Trinajstić information content (AvgIpc) is 2.46. The van der Waals surface area contributed by atoms with Crippen LogP contribution >= 0.6 is 0 Å². The van der Waals surface area contributed by atoms with E-state index in [9.17, 15) is 0 Å². The minimum absolute atomic E-state index is 0.576. The van der Waals surface area contributed by atoms with Gasteiger partial charge in [-0.05, 0) is 0 Å². The monoisotopic (exact) mass is 316 g/mol. The molecule has 22 heavy (non-hydrogen) atoms. The summed E-state index contributed by atoms with van der Waals surface area (Å²) in [5, 5.41) is 20.5. The van der Waals surface area contributed by atoms with Gasteiger partial charge in [-0.3, -0.25) is 0 Å². The molecule has 0 fully saturated rings. The number of nitrogens with one attached hydrogen (secondary N) is 6. The molecular weight excluding hydrogens is 276 g/mol. The molecule has 6 heteroatoms. The van der Waals surface area contributed by atoms with E-state index in [0.717, 1.165) is 65.4 Å². The molecule has 0 rings (SSSR count). The number of hydrogen-bond donors (Lipinski definition) is 6. The van der Waals surface area contributed by atoms with Crippen LogP contribution in [0.1, 0.15) is 27.7 Å². The highest BCUT2D eigenvalue weighted by atomic mass is 15.0. The van der Waals surface area contributed by atoms with E-state index in [1.54, 1.807) is 0 Å². The predicted octanol–water partition coefficient (Wildman–Crippen LogP) is -0.659. The second kappa shape index (κ2) is 17.1. The smallest absolute Gasteiger partial charge is 0.00791 e. The van der Waals surface area contributed by atoms with Crippen LogP contribution in [0.25, 0.3) is 0 Å². The van der Waals surface area contributed by atoms with E-state index in [1.807, 2.05) is 0 Å². The van der Waals surface area contributed by atoms with Gasteiger partial charge in [0.25, 0.3) is 0 Å². The summed E-state index contributed by atoms with van der Waals surface area (Å²) in [7, 11) is 0. The van der Waals surface area contributed by atoms with Gasteiger partial charge in [-0.25, -0.2) is 0 Å². The molecule has 0 aliphatic heterocycles. The minimum atomic E-state index is 0.576. The molecule has 0 spiro atoms. The molecule has 0 aromatic carbocycles. The fourth-order valence-electron chi connectivity index (χ4n) is 1.93. The van der Waals surface area contributed by atoms with Crippen molar-refractivity contribution in [3.05, 3.63) is 0 Å². The molecular formula is C16H40N6. The van der Waals surface area contributed by atoms with E-state index in [2.05, 4.69) is 59.6 Å². The summed E-state index contributed by atoms with van der Waals surface area (Å²) in [6.45, 7) is 19.0. The molecule has 0 bridgehead atoms. The molecule has 6 nitrogen and oxygen atoms in total. The van der Waals surface area contributed by atoms with E-state index < -0.39 is 0 Å². The van der Waals surface area contributed by atoms with E-state index in [-0.39, 0.29) is 0 Å². The van der Waals surface area contributed by atoms with E-state index in [1.165, 1.54) is 0 Å². The van der Waals surface area contributed by atoms with Gasteiger partial charge >= 0.3 is 0 Å². The second-order valence-electron chi connectivity index (χ2n) is 6.22. The topological polar surface area (TPSA) is 72.2 Å². The molecule has 0 aromatic heterocycles. The number of rotatable bonds is 17. The van der Waals surface area contributed by atoms with Crippen molar-refractivity contribution in [2.75, 3.05) is 65.4 Å². The van der Waals surface area contributed by atoms with Gasteiger partial charge in [0, 0.05) is 77.5 Å². The lowest BCUT2D eigenvalue weighted by molar-refractivity contribution is 0.531. The van der Waals surface area contributed by atoms with Crippen molar-refractivity contribution < 1.29 is 0 Å². The summed E-state index contributed by atoms with van der Waals surface area (Å²) in [4.78, 5) is 0. The fourth-order valence-corrected chi connectivity index (χ4v) is 1.93. The van der Waals surface area contributed by atoms with E-state index in [0.29, 0.717) is 12.1 Å². The predicted molar refractivity (Wildman–Crippen MR) is 97.8 cm³/mol. The molecule has 6 N–H and O–H groups in total. The van der Waals surface area contributed by atoms with Crippen LogP contribution in [0.4, 0.5) is 0 Å². The third kappa shape index (κ3) is 19.8. The van der Waals surface area contributed by atoms with Crippen molar-refractivity contribution in [3.8, 4) is 0 Å². The molecule has 0 aliphatic carbocycles. The Morgan fingerprint density at radius 3 is 0.864 bits per heavy atom. The standard InChI is InChI=1S/C16H40N6/c1-15(2)21-13-11-19-9-7-17-5-6-18-8-10-20-12-14-22-16(3)4/h15-22H,5-14H2,1-4H3. The maximum absolute atomic E-state index is 3.43. The SMILES string of the molecule is CC(C)NCCNCCNCCNCCNCCNC(C)C. The van der Waals surface area contributed by atoms with Crippen molar-refractivity contribution in [3.63, 3.8) is 0 Å². The third-order valence-corrected chi connectivity index (χ3v) is 3.14. The van der Waals surface area contributed by atoms with Crippen molar-refractivity contribution in [2.45, 2.75) is 39.8 Å². The summed E-state index contributed by atoms with van der Waals surface area (Å²) < 4.78 is 0. The van der Waals surface area contributed by atoms with Crippen LogP contribution in [-0.2, 0) is 0 Å². The Kier molecular flexibility index (Phi) is 16.9. The van der Waals surface area contributed by atoms with Crippen LogP contribution in [-0.4, -0.2) is 77.5 Å². The quantitative estimate of drug-likeness (QED) is 0.200. The Bertz CT molecular complexity index is 189. The summed E-state index contributed by atoms with van der Waals surface area (Å²) in [6.07, 6.45) is 0. The molecule has 0 aliphatic rings. The van der Waals surface area contributed by atoms with Gasteiger partial charge in [0.2, 0.25) is 0 Å². The molecule has 0 saturated heterocycles. The Morgan fingerprint density at radius 1 is 0.409 bits per heavy atom. The lowest BCUT2D eigenvalue weighted by Crippen LogP contribution is -2.38. The zero-order valence-corrected chi connectivity index (χ0v) is 15.2. The largest absolute Gasteiger partial charge is 0.314 e. The van der Waals surface area contributed by atoms with Crippen LogP contribution in [0, 0.1) is 0 Å². The third-order valence-electron chi connectivity index (χ3n) is 3.14.